The summed E-state index contributed by atoms with van der Waals surface area (Å²) in [7, 11) is 0. The van der Waals surface area contributed by atoms with E-state index in [0.29, 0.717) is 23.1 Å². The largest absolute Gasteiger partial charge is 0.473 e. The van der Waals surface area contributed by atoms with Gasteiger partial charge in [-0.25, -0.2) is 18.4 Å². The normalized spacial score (nSPS) is 10.9. The van der Waals surface area contributed by atoms with Crippen molar-refractivity contribution in [1.82, 2.24) is 19.7 Å². The van der Waals surface area contributed by atoms with Crippen LogP contribution in [0.2, 0.25) is 0 Å². The third-order valence-electron chi connectivity index (χ3n) is 3.39. The molecule has 0 atom stereocenters. The molecule has 24 heavy (non-hydrogen) atoms. The number of nitrogens with zero attached hydrogens (tertiary/aromatic N) is 4. The number of ether oxygens (including phenoxy) is 1. The lowest BCUT2D eigenvalue weighted by atomic mass is 10.2. The fraction of sp³-hybridized carbons (Fsp3) is 0.235. The number of rotatable bonds is 4. The van der Waals surface area contributed by atoms with Gasteiger partial charge in [-0.2, -0.15) is 10.1 Å². The van der Waals surface area contributed by atoms with E-state index in [-0.39, 0.29) is 6.61 Å². The van der Waals surface area contributed by atoms with E-state index in [2.05, 4.69) is 15.1 Å². The van der Waals surface area contributed by atoms with Crippen LogP contribution in [0.4, 0.5) is 8.78 Å². The molecule has 0 spiro atoms. The Kier molecular flexibility index (Phi) is 4.24. The number of benzene rings is 1. The maximum atomic E-state index is 13.2. The molecule has 0 unspecified atom stereocenters. The maximum Gasteiger partial charge on any atom is 0.254 e. The minimum absolute atomic E-state index is 0.0736. The summed E-state index contributed by atoms with van der Waals surface area (Å²) in [4.78, 5) is 8.69. The lowest BCUT2D eigenvalue weighted by molar-refractivity contribution is 0.291. The van der Waals surface area contributed by atoms with Crippen molar-refractivity contribution in [3.63, 3.8) is 0 Å². The van der Waals surface area contributed by atoms with Gasteiger partial charge in [0.15, 0.2) is 11.6 Å². The Morgan fingerprint density at radius 2 is 1.75 bits per heavy atom. The molecule has 0 fully saturated rings. The van der Waals surface area contributed by atoms with E-state index in [4.69, 9.17) is 4.74 Å². The third-order valence-corrected chi connectivity index (χ3v) is 3.39. The van der Waals surface area contributed by atoms with Crippen LogP contribution in [0.5, 0.6) is 5.88 Å². The Hall–Kier alpha value is -2.83. The molecule has 0 aliphatic heterocycles. The van der Waals surface area contributed by atoms with E-state index in [1.165, 1.54) is 6.07 Å². The Morgan fingerprint density at radius 1 is 0.958 bits per heavy atom. The summed E-state index contributed by atoms with van der Waals surface area (Å²) in [6.45, 7) is 5.69. The maximum absolute atomic E-state index is 13.2. The van der Waals surface area contributed by atoms with Gasteiger partial charge in [-0.05, 0) is 44.5 Å². The number of halogens is 2. The van der Waals surface area contributed by atoms with Gasteiger partial charge in [-0.1, -0.05) is 6.07 Å². The summed E-state index contributed by atoms with van der Waals surface area (Å²) in [5, 5.41) is 4.35. The van der Waals surface area contributed by atoms with E-state index in [9.17, 15) is 8.78 Å². The van der Waals surface area contributed by atoms with Crippen LogP contribution in [-0.2, 0) is 6.61 Å². The molecule has 0 aliphatic rings. The van der Waals surface area contributed by atoms with Crippen molar-refractivity contribution >= 4 is 0 Å². The third kappa shape index (κ3) is 3.40. The minimum atomic E-state index is -0.904. The molecule has 1 aromatic carbocycles. The SMILES string of the molecule is Cc1cc(OCc2ccc(F)c(F)c2)nc(-n2nc(C)cc2C)n1. The highest BCUT2D eigenvalue weighted by Gasteiger charge is 2.10. The van der Waals surface area contributed by atoms with Crippen molar-refractivity contribution in [2.45, 2.75) is 27.4 Å². The molecule has 3 aromatic rings. The smallest absolute Gasteiger partial charge is 0.254 e. The van der Waals surface area contributed by atoms with Crippen LogP contribution in [0, 0.1) is 32.4 Å². The lowest BCUT2D eigenvalue weighted by Gasteiger charge is -2.09. The Balaban J connectivity index is 1.83. The molecule has 0 N–H and O–H groups in total. The highest BCUT2D eigenvalue weighted by atomic mass is 19.2. The average Bonchev–Trinajstić information content (AvgIpc) is 2.86. The summed E-state index contributed by atoms with van der Waals surface area (Å²) >= 11 is 0. The summed E-state index contributed by atoms with van der Waals surface area (Å²) in [6.07, 6.45) is 0. The van der Waals surface area contributed by atoms with E-state index in [1.807, 2.05) is 26.8 Å². The quantitative estimate of drug-likeness (QED) is 0.735. The first kappa shape index (κ1) is 16.0. The van der Waals surface area contributed by atoms with Gasteiger partial charge in [-0.3, -0.25) is 0 Å². The molecule has 2 aromatic heterocycles. The second kappa shape index (κ2) is 6.35. The molecular formula is C17H16F2N4O. The number of aromatic nitrogens is 4. The van der Waals surface area contributed by atoms with Gasteiger partial charge in [0.05, 0.1) is 5.69 Å². The fourth-order valence-electron chi connectivity index (χ4n) is 2.31. The van der Waals surface area contributed by atoms with Gasteiger partial charge in [0, 0.05) is 17.5 Å². The standard InChI is InChI=1S/C17H16F2N4O/c1-10-7-16(24-9-13-4-5-14(18)15(19)8-13)21-17(20-10)23-12(3)6-11(2)22-23/h4-8H,9H2,1-3H3. The predicted octanol–water partition coefficient (Wildman–Crippen LogP) is 3.44. The zero-order valence-electron chi connectivity index (χ0n) is 13.5. The van der Waals surface area contributed by atoms with Gasteiger partial charge in [0.25, 0.3) is 5.95 Å². The first-order valence-electron chi connectivity index (χ1n) is 7.38. The van der Waals surface area contributed by atoms with E-state index in [1.54, 1.807) is 10.7 Å². The Bertz CT molecular complexity index is 892. The molecular weight excluding hydrogens is 314 g/mol. The molecule has 0 aliphatic carbocycles. The molecule has 2 heterocycles. The molecule has 124 valence electrons. The van der Waals surface area contributed by atoms with E-state index >= 15 is 0 Å². The van der Waals surface area contributed by atoms with Crippen LogP contribution in [0.3, 0.4) is 0 Å². The number of hydrogen-bond donors (Lipinski definition) is 0. The Morgan fingerprint density at radius 3 is 2.42 bits per heavy atom. The van der Waals surface area contributed by atoms with Crippen molar-refractivity contribution < 1.29 is 13.5 Å². The van der Waals surface area contributed by atoms with Crippen LogP contribution in [0.1, 0.15) is 22.6 Å². The Labute approximate surface area is 137 Å². The predicted molar refractivity (Wildman–Crippen MR) is 84.1 cm³/mol. The van der Waals surface area contributed by atoms with Crippen LogP contribution in [0.25, 0.3) is 5.95 Å². The van der Waals surface area contributed by atoms with E-state index in [0.717, 1.165) is 23.5 Å². The van der Waals surface area contributed by atoms with Crippen LogP contribution in [0.15, 0.2) is 30.3 Å². The number of hydrogen-bond acceptors (Lipinski definition) is 4. The first-order valence-corrected chi connectivity index (χ1v) is 7.38. The summed E-state index contributed by atoms with van der Waals surface area (Å²) in [5.74, 6) is -1.04. The molecule has 0 saturated carbocycles. The summed E-state index contributed by atoms with van der Waals surface area (Å²) in [5.41, 5.74) is 3.00. The van der Waals surface area contributed by atoms with Gasteiger partial charge in [0.2, 0.25) is 5.88 Å². The van der Waals surface area contributed by atoms with Crippen molar-refractivity contribution in [3.8, 4) is 11.8 Å². The topological polar surface area (TPSA) is 52.8 Å². The highest BCUT2D eigenvalue weighted by molar-refractivity contribution is 5.25. The molecule has 0 bridgehead atoms. The molecule has 0 saturated heterocycles. The molecule has 3 rings (SSSR count). The lowest BCUT2D eigenvalue weighted by Crippen LogP contribution is -2.08. The summed E-state index contributed by atoms with van der Waals surface area (Å²) < 4.78 is 33.4. The molecule has 0 amide bonds. The fourth-order valence-corrected chi connectivity index (χ4v) is 2.31. The zero-order chi connectivity index (χ0) is 17.3. The second-order valence-electron chi connectivity index (χ2n) is 5.52. The minimum Gasteiger partial charge on any atom is -0.473 e. The van der Waals surface area contributed by atoms with Gasteiger partial charge >= 0.3 is 0 Å². The monoisotopic (exact) mass is 330 g/mol. The van der Waals surface area contributed by atoms with Crippen molar-refractivity contribution in [2.24, 2.45) is 0 Å². The molecule has 0 radical (unpaired) electrons. The van der Waals surface area contributed by atoms with Crippen molar-refractivity contribution in [3.05, 3.63) is 64.6 Å². The van der Waals surface area contributed by atoms with Gasteiger partial charge < -0.3 is 4.74 Å². The second-order valence-corrected chi connectivity index (χ2v) is 5.52. The zero-order valence-corrected chi connectivity index (χ0v) is 13.5. The summed E-state index contributed by atoms with van der Waals surface area (Å²) in [6, 6.07) is 7.24. The van der Waals surface area contributed by atoms with Gasteiger partial charge in [0.1, 0.15) is 6.61 Å². The first-order chi connectivity index (χ1) is 11.4. The molecule has 5 nitrogen and oxygen atoms in total. The van der Waals surface area contributed by atoms with Gasteiger partial charge in [-0.15, -0.1) is 0 Å². The highest BCUT2D eigenvalue weighted by Crippen LogP contribution is 2.16. The number of aryl methyl sites for hydroxylation is 3. The van der Waals surface area contributed by atoms with Crippen LogP contribution < -0.4 is 4.74 Å². The van der Waals surface area contributed by atoms with Crippen molar-refractivity contribution in [2.75, 3.05) is 0 Å². The van der Waals surface area contributed by atoms with Crippen LogP contribution >= 0.6 is 0 Å². The molecule has 7 heteroatoms. The average molecular weight is 330 g/mol. The van der Waals surface area contributed by atoms with Crippen LogP contribution in [-0.4, -0.2) is 19.7 Å². The van der Waals surface area contributed by atoms with Crippen molar-refractivity contribution in [1.29, 1.82) is 0 Å². The van der Waals surface area contributed by atoms with E-state index < -0.39 is 11.6 Å².